The Labute approximate surface area is 102 Å². The van der Waals surface area contributed by atoms with Gasteiger partial charge in [-0.1, -0.05) is 23.7 Å². The summed E-state index contributed by atoms with van der Waals surface area (Å²) < 4.78 is 5.03. The summed E-state index contributed by atoms with van der Waals surface area (Å²) in [5.74, 6) is 0. The van der Waals surface area contributed by atoms with E-state index in [0.29, 0.717) is 6.54 Å². The zero-order valence-electron chi connectivity index (χ0n) is 9.87. The predicted molar refractivity (Wildman–Crippen MR) is 67.6 cm³/mol. The van der Waals surface area contributed by atoms with Gasteiger partial charge in [-0.25, -0.2) is 0 Å². The summed E-state index contributed by atoms with van der Waals surface area (Å²) >= 11 is 6.17. The largest absolute Gasteiger partial charge is 0.383 e. The molecule has 1 aromatic rings. The van der Waals surface area contributed by atoms with E-state index >= 15 is 0 Å². The highest BCUT2D eigenvalue weighted by atomic mass is 35.5. The molecule has 0 radical (unpaired) electrons. The molecule has 0 spiro atoms. The van der Waals surface area contributed by atoms with Crippen molar-refractivity contribution in [1.29, 1.82) is 0 Å². The van der Waals surface area contributed by atoms with Gasteiger partial charge in [0.25, 0.3) is 0 Å². The summed E-state index contributed by atoms with van der Waals surface area (Å²) in [5, 5.41) is 0.784. The average molecular weight is 243 g/mol. The van der Waals surface area contributed by atoms with Crippen LogP contribution in [0, 0.1) is 0 Å². The fourth-order valence-electron chi connectivity index (χ4n) is 1.46. The van der Waals surface area contributed by atoms with E-state index in [1.54, 1.807) is 7.11 Å². The number of nitrogens with two attached hydrogens (primary N) is 1. The fraction of sp³-hybridized carbons (Fsp3) is 0.500. The first-order chi connectivity index (χ1) is 7.67. The van der Waals surface area contributed by atoms with E-state index in [2.05, 4.69) is 4.90 Å². The van der Waals surface area contributed by atoms with Crippen molar-refractivity contribution in [3.8, 4) is 0 Å². The molecule has 0 unspecified atom stereocenters. The number of methoxy groups -OCH3 is 1. The second-order valence-corrected chi connectivity index (χ2v) is 4.27. The molecule has 0 saturated heterocycles. The Morgan fingerprint density at radius 3 is 2.75 bits per heavy atom. The Morgan fingerprint density at radius 2 is 2.19 bits per heavy atom. The lowest BCUT2D eigenvalue weighted by Gasteiger charge is -2.17. The summed E-state index contributed by atoms with van der Waals surface area (Å²) in [6.45, 7) is 2.98. The molecule has 0 aromatic heterocycles. The van der Waals surface area contributed by atoms with Gasteiger partial charge >= 0.3 is 0 Å². The van der Waals surface area contributed by atoms with Crippen LogP contribution in [0.3, 0.4) is 0 Å². The Morgan fingerprint density at radius 1 is 1.44 bits per heavy atom. The molecular weight excluding hydrogens is 224 g/mol. The van der Waals surface area contributed by atoms with Crippen LogP contribution in [-0.4, -0.2) is 32.2 Å². The minimum absolute atomic E-state index is 0.527. The molecule has 0 saturated carbocycles. The van der Waals surface area contributed by atoms with Crippen LogP contribution >= 0.6 is 11.6 Å². The maximum Gasteiger partial charge on any atom is 0.0589 e. The van der Waals surface area contributed by atoms with Crippen molar-refractivity contribution in [1.82, 2.24) is 4.90 Å². The van der Waals surface area contributed by atoms with Gasteiger partial charge in [0.2, 0.25) is 0 Å². The summed E-state index contributed by atoms with van der Waals surface area (Å²) in [6, 6.07) is 5.99. The van der Waals surface area contributed by atoms with E-state index in [9.17, 15) is 0 Å². The molecule has 0 bridgehead atoms. The van der Waals surface area contributed by atoms with Crippen molar-refractivity contribution in [2.45, 2.75) is 13.1 Å². The molecular formula is C12H19ClN2O. The van der Waals surface area contributed by atoms with Crippen LogP contribution in [0.2, 0.25) is 5.02 Å². The van der Waals surface area contributed by atoms with Crippen molar-refractivity contribution in [3.05, 3.63) is 34.3 Å². The molecule has 0 atom stereocenters. The molecule has 0 amide bonds. The highest BCUT2D eigenvalue weighted by Gasteiger charge is 2.04. The van der Waals surface area contributed by atoms with Crippen LogP contribution in [0.25, 0.3) is 0 Å². The van der Waals surface area contributed by atoms with Crippen LogP contribution in [0.1, 0.15) is 11.1 Å². The lowest BCUT2D eigenvalue weighted by Crippen LogP contribution is -2.22. The lowest BCUT2D eigenvalue weighted by atomic mass is 10.1. The Balaban J connectivity index is 2.59. The highest BCUT2D eigenvalue weighted by molar-refractivity contribution is 6.31. The van der Waals surface area contributed by atoms with E-state index < -0.39 is 0 Å². The lowest BCUT2D eigenvalue weighted by molar-refractivity contribution is 0.158. The molecule has 0 aliphatic heterocycles. The molecule has 0 fully saturated rings. The third-order valence-corrected chi connectivity index (χ3v) is 2.82. The molecule has 4 heteroatoms. The first kappa shape index (κ1) is 13.5. The number of rotatable bonds is 6. The second kappa shape index (κ2) is 6.86. The van der Waals surface area contributed by atoms with Crippen molar-refractivity contribution in [2.24, 2.45) is 5.73 Å². The monoisotopic (exact) mass is 242 g/mol. The first-order valence-electron chi connectivity index (χ1n) is 5.32. The topological polar surface area (TPSA) is 38.5 Å². The smallest absolute Gasteiger partial charge is 0.0589 e. The van der Waals surface area contributed by atoms with Gasteiger partial charge in [0, 0.05) is 31.8 Å². The average Bonchev–Trinajstić information content (AvgIpc) is 2.29. The second-order valence-electron chi connectivity index (χ2n) is 3.86. The van der Waals surface area contributed by atoms with Gasteiger partial charge in [0.05, 0.1) is 6.61 Å². The van der Waals surface area contributed by atoms with Crippen LogP contribution in [0.5, 0.6) is 0 Å². The number of ether oxygens (including phenoxy) is 1. The standard InChI is InChI=1S/C12H19ClN2O/c1-15(5-6-16-2)9-11-4-3-10(8-14)7-12(11)13/h3-4,7H,5-6,8-9,14H2,1-2H3. The van der Waals surface area contributed by atoms with Gasteiger partial charge in [-0.15, -0.1) is 0 Å². The van der Waals surface area contributed by atoms with Crippen molar-refractivity contribution >= 4 is 11.6 Å². The number of hydrogen-bond donors (Lipinski definition) is 1. The summed E-state index contributed by atoms with van der Waals surface area (Å²) in [6.07, 6.45) is 0. The van der Waals surface area contributed by atoms with Gasteiger partial charge in [-0.2, -0.15) is 0 Å². The SMILES string of the molecule is COCCN(C)Cc1ccc(CN)cc1Cl. The number of halogens is 1. The predicted octanol–water partition coefficient (Wildman–Crippen LogP) is 1.88. The third kappa shape index (κ3) is 4.10. The number of benzene rings is 1. The number of nitrogens with zero attached hydrogens (tertiary/aromatic N) is 1. The highest BCUT2D eigenvalue weighted by Crippen LogP contribution is 2.19. The molecule has 3 nitrogen and oxygen atoms in total. The third-order valence-electron chi connectivity index (χ3n) is 2.47. The van der Waals surface area contributed by atoms with Crippen molar-refractivity contribution < 1.29 is 4.74 Å². The Kier molecular flexibility index (Phi) is 5.77. The van der Waals surface area contributed by atoms with E-state index in [1.165, 1.54) is 0 Å². The quantitative estimate of drug-likeness (QED) is 0.828. The van der Waals surface area contributed by atoms with Crippen LogP contribution < -0.4 is 5.73 Å². The minimum atomic E-state index is 0.527. The van der Waals surface area contributed by atoms with Crippen LogP contribution in [0.15, 0.2) is 18.2 Å². The molecule has 90 valence electrons. The van der Waals surface area contributed by atoms with Crippen LogP contribution in [-0.2, 0) is 17.8 Å². The van der Waals surface area contributed by atoms with Gasteiger partial charge in [-0.3, -0.25) is 4.90 Å². The summed E-state index contributed by atoms with van der Waals surface area (Å²) in [7, 11) is 3.75. The fourth-order valence-corrected chi connectivity index (χ4v) is 1.73. The maximum absolute atomic E-state index is 6.17. The zero-order valence-corrected chi connectivity index (χ0v) is 10.6. The zero-order chi connectivity index (χ0) is 12.0. The number of likely N-dealkylation sites (N-methyl/N-ethyl adjacent to an activating group) is 1. The first-order valence-corrected chi connectivity index (χ1v) is 5.70. The van der Waals surface area contributed by atoms with Gasteiger partial charge in [0.15, 0.2) is 0 Å². The molecule has 0 heterocycles. The molecule has 0 aliphatic carbocycles. The van der Waals surface area contributed by atoms with E-state index in [0.717, 1.165) is 35.8 Å². The Bertz CT molecular complexity index is 331. The normalized spacial score (nSPS) is 11.1. The van der Waals surface area contributed by atoms with Crippen LogP contribution in [0.4, 0.5) is 0 Å². The van der Waals surface area contributed by atoms with E-state index in [4.69, 9.17) is 22.1 Å². The molecule has 1 rings (SSSR count). The molecule has 0 aliphatic rings. The Hall–Kier alpha value is -0.610. The van der Waals surface area contributed by atoms with Gasteiger partial charge in [0.1, 0.15) is 0 Å². The van der Waals surface area contributed by atoms with Crippen molar-refractivity contribution in [3.63, 3.8) is 0 Å². The van der Waals surface area contributed by atoms with Gasteiger partial charge < -0.3 is 10.5 Å². The molecule has 16 heavy (non-hydrogen) atoms. The number of hydrogen-bond acceptors (Lipinski definition) is 3. The van der Waals surface area contributed by atoms with E-state index in [1.807, 2.05) is 25.2 Å². The van der Waals surface area contributed by atoms with Crippen molar-refractivity contribution in [2.75, 3.05) is 27.3 Å². The maximum atomic E-state index is 6.17. The summed E-state index contributed by atoms with van der Waals surface area (Å²) in [4.78, 5) is 2.17. The van der Waals surface area contributed by atoms with Gasteiger partial charge in [-0.05, 0) is 24.2 Å². The molecule has 1 aromatic carbocycles. The summed E-state index contributed by atoms with van der Waals surface area (Å²) in [5.41, 5.74) is 7.74. The molecule has 2 N–H and O–H groups in total. The minimum Gasteiger partial charge on any atom is -0.383 e. The van der Waals surface area contributed by atoms with E-state index in [-0.39, 0.29) is 0 Å².